The third-order valence-corrected chi connectivity index (χ3v) is 5.40. The van der Waals surface area contributed by atoms with Gasteiger partial charge in [0.05, 0.1) is 18.3 Å². The van der Waals surface area contributed by atoms with E-state index in [1.165, 1.54) is 11.3 Å². The first-order valence-corrected chi connectivity index (χ1v) is 10.1. The third-order valence-electron chi connectivity index (χ3n) is 4.57. The van der Waals surface area contributed by atoms with Crippen molar-refractivity contribution in [3.05, 3.63) is 58.3 Å². The van der Waals surface area contributed by atoms with E-state index in [4.69, 9.17) is 10.00 Å². The number of nitrogens with zero attached hydrogens (tertiary/aromatic N) is 5. The summed E-state index contributed by atoms with van der Waals surface area (Å²) in [5.74, 6) is 0.137. The summed E-state index contributed by atoms with van der Waals surface area (Å²) in [6.07, 6.45) is 5.14. The van der Waals surface area contributed by atoms with Crippen molar-refractivity contribution < 1.29 is 9.53 Å². The number of pyridine rings is 2. The lowest BCUT2D eigenvalue weighted by Gasteiger charge is -2.18. The van der Waals surface area contributed by atoms with Gasteiger partial charge in [0.2, 0.25) is 5.88 Å². The highest BCUT2D eigenvalue weighted by Crippen LogP contribution is 2.32. The van der Waals surface area contributed by atoms with Gasteiger partial charge in [0.1, 0.15) is 16.6 Å². The lowest BCUT2D eigenvalue weighted by molar-refractivity contribution is 0.0778. The molecule has 0 atom stereocenters. The second-order valence-corrected chi connectivity index (χ2v) is 7.50. The average molecular weight is 418 g/mol. The maximum Gasteiger partial charge on any atom is 0.272 e. The lowest BCUT2D eigenvalue weighted by atomic mass is 10.1. The minimum atomic E-state index is -0.234. The van der Waals surface area contributed by atoms with Crippen LogP contribution in [0.5, 0.6) is 5.88 Å². The number of amides is 1. The largest absolute Gasteiger partial charge is 0.478 e. The number of H-pyrrole nitrogens is 1. The third kappa shape index (κ3) is 3.73. The van der Waals surface area contributed by atoms with Crippen molar-refractivity contribution in [2.24, 2.45) is 0 Å². The number of carbonyl (C=O) groups excluding carboxylic acids is 1. The zero-order valence-electron chi connectivity index (χ0n) is 16.4. The summed E-state index contributed by atoms with van der Waals surface area (Å²) in [7, 11) is 1.71. The molecule has 0 radical (unpaired) electrons. The highest BCUT2D eigenvalue weighted by Gasteiger charge is 2.19. The van der Waals surface area contributed by atoms with E-state index >= 15 is 0 Å². The van der Waals surface area contributed by atoms with Gasteiger partial charge in [-0.25, -0.2) is 4.98 Å². The molecule has 4 aromatic heterocycles. The Morgan fingerprint density at radius 2 is 2.20 bits per heavy atom. The fraction of sp³-hybridized carbons (Fsp3) is 0.190. The molecule has 0 spiro atoms. The molecule has 0 bridgehead atoms. The summed E-state index contributed by atoms with van der Waals surface area (Å²) in [4.78, 5) is 23.8. The van der Waals surface area contributed by atoms with Gasteiger partial charge in [0.25, 0.3) is 5.91 Å². The van der Waals surface area contributed by atoms with E-state index in [-0.39, 0.29) is 11.6 Å². The summed E-state index contributed by atoms with van der Waals surface area (Å²) in [6.45, 7) is 2.63. The molecule has 0 unspecified atom stereocenters. The Hall–Kier alpha value is -3.77. The van der Waals surface area contributed by atoms with Crippen LogP contribution in [0.2, 0.25) is 0 Å². The summed E-state index contributed by atoms with van der Waals surface area (Å²) in [5.41, 5.74) is 3.60. The van der Waals surface area contributed by atoms with Gasteiger partial charge >= 0.3 is 0 Å². The van der Waals surface area contributed by atoms with Gasteiger partial charge in [-0.05, 0) is 30.7 Å². The Morgan fingerprint density at radius 1 is 1.33 bits per heavy atom. The average Bonchev–Trinajstić information content (AvgIpc) is 3.43. The Labute approximate surface area is 176 Å². The Kier molecular flexibility index (Phi) is 5.41. The van der Waals surface area contributed by atoms with Crippen molar-refractivity contribution >= 4 is 28.1 Å². The Morgan fingerprint density at radius 3 is 2.97 bits per heavy atom. The number of nitriles is 1. The summed E-state index contributed by atoms with van der Waals surface area (Å²) < 4.78 is 5.69. The number of aromatic amines is 1. The molecule has 8 nitrogen and oxygen atoms in total. The van der Waals surface area contributed by atoms with Gasteiger partial charge < -0.3 is 9.64 Å². The SMILES string of the molecule is CCOc1nc(C(=O)N(C)Cc2cncc3cn[nH]c23)ccc1-c1csc(C#N)c1. The second kappa shape index (κ2) is 8.31. The van der Waals surface area contributed by atoms with E-state index in [9.17, 15) is 4.79 Å². The van der Waals surface area contributed by atoms with Crippen molar-refractivity contribution in [2.75, 3.05) is 13.7 Å². The monoisotopic (exact) mass is 418 g/mol. The molecule has 4 aromatic rings. The number of hydrogen-bond acceptors (Lipinski definition) is 7. The molecule has 4 heterocycles. The van der Waals surface area contributed by atoms with Gasteiger partial charge in [-0.3, -0.25) is 14.9 Å². The molecule has 0 saturated heterocycles. The Balaban J connectivity index is 1.61. The van der Waals surface area contributed by atoms with E-state index in [0.29, 0.717) is 23.9 Å². The Bertz CT molecular complexity index is 1260. The normalized spacial score (nSPS) is 10.7. The van der Waals surface area contributed by atoms with Crippen LogP contribution in [0.4, 0.5) is 0 Å². The van der Waals surface area contributed by atoms with Gasteiger partial charge in [-0.1, -0.05) is 0 Å². The number of aromatic nitrogens is 4. The van der Waals surface area contributed by atoms with Gasteiger partial charge in [-0.15, -0.1) is 11.3 Å². The van der Waals surface area contributed by atoms with Crippen molar-refractivity contribution in [3.8, 4) is 23.1 Å². The number of hydrogen-bond donors (Lipinski definition) is 1. The summed E-state index contributed by atoms with van der Waals surface area (Å²) in [5, 5.41) is 18.8. The first kappa shape index (κ1) is 19.5. The molecule has 1 N–H and O–H groups in total. The maximum absolute atomic E-state index is 13.0. The van der Waals surface area contributed by atoms with Crippen LogP contribution in [0.3, 0.4) is 0 Å². The summed E-state index contributed by atoms with van der Waals surface area (Å²) in [6, 6.07) is 7.40. The molecule has 0 aromatic carbocycles. The van der Waals surface area contributed by atoms with Crippen molar-refractivity contribution in [2.45, 2.75) is 13.5 Å². The van der Waals surface area contributed by atoms with E-state index in [0.717, 1.165) is 27.6 Å². The van der Waals surface area contributed by atoms with Gasteiger partial charge in [0, 0.05) is 47.9 Å². The molecular weight excluding hydrogens is 400 g/mol. The van der Waals surface area contributed by atoms with Crippen molar-refractivity contribution in [1.29, 1.82) is 5.26 Å². The van der Waals surface area contributed by atoms with Crippen LogP contribution in [0.25, 0.3) is 22.0 Å². The molecule has 9 heteroatoms. The zero-order chi connectivity index (χ0) is 21.1. The van der Waals surface area contributed by atoms with Gasteiger partial charge in [-0.2, -0.15) is 10.4 Å². The van der Waals surface area contributed by atoms with Crippen LogP contribution < -0.4 is 4.74 Å². The highest BCUT2D eigenvalue weighted by atomic mass is 32.1. The fourth-order valence-electron chi connectivity index (χ4n) is 3.13. The highest BCUT2D eigenvalue weighted by molar-refractivity contribution is 7.10. The fourth-order valence-corrected chi connectivity index (χ4v) is 3.82. The van der Waals surface area contributed by atoms with Crippen LogP contribution in [0, 0.1) is 11.3 Å². The molecule has 0 aliphatic rings. The van der Waals surface area contributed by atoms with Crippen LogP contribution in [-0.2, 0) is 6.54 Å². The van der Waals surface area contributed by atoms with Crippen molar-refractivity contribution in [1.82, 2.24) is 25.1 Å². The predicted molar refractivity (Wildman–Crippen MR) is 113 cm³/mol. The molecule has 0 aliphatic heterocycles. The topological polar surface area (TPSA) is 108 Å². The van der Waals surface area contributed by atoms with Gasteiger partial charge in [0.15, 0.2) is 0 Å². The molecule has 4 rings (SSSR count). The summed E-state index contributed by atoms with van der Waals surface area (Å²) >= 11 is 1.36. The standard InChI is InChI=1S/C21H18N6O2S/c1-3-29-20-17(13-6-16(7-22)30-12-13)4-5-18(25-20)21(28)27(2)11-15-9-23-8-14-10-24-26-19(14)15/h4-6,8-10,12H,3,11H2,1-2H3,(H,24,26). The number of rotatable bonds is 6. The molecule has 1 amide bonds. The molecule has 30 heavy (non-hydrogen) atoms. The second-order valence-electron chi connectivity index (χ2n) is 6.59. The van der Waals surface area contributed by atoms with E-state index in [1.54, 1.807) is 48.7 Å². The molecule has 0 fully saturated rings. The van der Waals surface area contributed by atoms with E-state index < -0.39 is 0 Å². The number of ether oxygens (including phenoxy) is 1. The number of thiophene rings is 1. The smallest absolute Gasteiger partial charge is 0.272 e. The molecule has 0 aliphatic carbocycles. The number of nitrogens with one attached hydrogen (secondary N) is 1. The quantitative estimate of drug-likeness (QED) is 0.512. The first-order valence-electron chi connectivity index (χ1n) is 9.25. The number of carbonyl (C=O) groups is 1. The van der Waals surface area contributed by atoms with E-state index in [1.807, 2.05) is 12.3 Å². The predicted octanol–water partition coefficient (Wildman–Crippen LogP) is 3.62. The molecule has 150 valence electrons. The van der Waals surface area contributed by atoms with Crippen LogP contribution >= 0.6 is 11.3 Å². The van der Waals surface area contributed by atoms with Crippen LogP contribution in [0.1, 0.15) is 27.9 Å². The maximum atomic E-state index is 13.0. The zero-order valence-corrected chi connectivity index (χ0v) is 17.2. The van der Waals surface area contributed by atoms with Crippen LogP contribution in [-0.4, -0.2) is 44.6 Å². The molecular formula is C21H18N6O2S. The molecule has 0 saturated carbocycles. The minimum Gasteiger partial charge on any atom is -0.478 e. The lowest BCUT2D eigenvalue weighted by Crippen LogP contribution is -2.27. The van der Waals surface area contributed by atoms with E-state index in [2.05, 4.69) is 26.2 Å². The minimum absolute atomic E-state index is 0.234. The first-order chi connectivity index (χ1) is 14.6. The number of fused-ring (bicyclic) bond motifs is 1. The van der Waals surface area contributed by atoms with Crippen LogP contribution in [0.15, 0.2) is 42.2 Å². The van der Waals surface area contributed by atoms with Crippen molar-refractivity contribution in [3.63, 3.8) is 0 Å².